The molecule has 1 unspecified atom stereocenters. The molecule has 0 saturated carbocycles. The van der Waals surface area contributed by atoms with Crippen LogP contribution < -0.4 is 0 Å². The first-order valence-electron chi connectivity index (χ1n) is 4.86. The van der Waals surface area contributed by atoms with Gasteiger partial charge in [0, 0.05) is 0 Å². The van der Waals surface area contributed by atoms with Crippen molar-refractivity contribution in [2.24, 2.45) is 0 Å². The van der Waals surface area contributed by atoms with Gasteiger partial charge in [-0.3, -0.25) is 0 Å². The predicted octanol–water partition coefficient (Wildman–Crippen LogP) is 0.736. The van der Waals surface area contributed by atoms with Crippen molar-refractivity contribution in [1.29, 1.82) is 0 Å². The van der Waals surface area contributed by atoms with Crippen molar-refractivity contribution in [3.63, 3.8) is 0 Å². The molecule has 1 aromatic carbocycles. The molecule has 0 aromatic heterocycles. The van der Waals surface area contributed by atoms with E-state index in [1.165, 1.54) is 0 Å². The van der Waals surface area contributed by atoms with Crippen LogP contribution >= 0.6 is 0 Å². The van der Waals surface area contributed by atoms with Crippen LogP contribution in [0.2, 0.25) is 0 Å². The summed E-state index contributed by atoms with van der Waals surface area (Å²) in [6.07, 6.45) is -0.686. The molecule has 5 nitrogen and oxygen atoms in total. The second-order valence-corrected chi connectivity index (χ2v) is 3.07. The van der Waals surface area contributed by atoms with Gasteiger partial charge in [-0.1, -0.05) is 18.2 Å². The van der Waals surface area contributed by atoms with E-state index in [9.17, 15) is 4.79 Å². The summed E-state index contributed by atoms with van der Waals surface area (Å²) in [5, 5.41) is 16.9. The molecule has 5 heteroatoms. The molecule has 1 saturated heterocycles. The van der Waals surface area contributed by atoms with Crippen LogP contribution in [-0.4, -0.2) is 42.3 Å². The van der Waals surface area contributed by atoms with Crippen molar-refractivity contribution >= 4 is 5.97 Å². The molecular weight excluding hydrogens is 212 g/mol. The molecule has 0 amide bonds. The average molecular weight is 226 g/mol. The molecule has 1 aliphatic heterocycles. The van der Waals surface area contributed by atoms with Gasteiger partial charge in [-0.2, -0.15) is 0 Å². The first-order valence-corrected chi connectivity index (χ1v) is 4.86. The van der Waals surface area contributed by atoms with Crippen molar-refractivity contribution < 1.29 is 24.5 Å². The average Bonchev–Trinajstić information content (AvgIpc) is 2.32. The van der Waals surface area contributed by atoms with Gasteiger partial charge in [0.1, 0.15) is 0 Å². The number of hydrogen-bond acceptors (Lipinski definition) is 4. The Kier molecular flexibility index (Phi) is 5.49. The lowest BCUT2D eigenvalue weighted by Gasteiger charge is -2.16. The molecule has 88 valence electrons. The van der Waals surface area contributed by atoms with Crippen molar-refractivity contribution in [3.05, 3.63) is 35.9 Å². The fourth-order valence-electron chi connectivity index (χ4n) is 1.06. The van der Waals surface area contributed by atoms with Crippen LogP contribution in [0.1, 0.15) is 10.4 Å². The summed E-state index contributed by atoms with van der Waals surface area (Å²) in [5.74, 6) is -0.879. The summed E-state index contributed by atoms with van der Waals surface area (Å²) in [6, 6.07) is 8.30. The monoisotopic (exact) mass is 226 g/mol. The van der Waals surface area contributed by atoms with Crippen LogP contribution in [0.15, 0.2) is 30.3 Å². The van der Waals surface area contributed by atoms with E-state index in [1.54, 1.807) is 30.3 Å². The second-order valence-electron chi connectivity index (χ2n) is 3.07. The van der Waals surface area contributed by atoms with E-state index in [-0.39, 0.29) is 0 Å². The van der Waals surface area contributed by atoms with E-state index in [4.69, 9.17) is 19.7 Å². The Morgan fingerprint density at radius 3 is 2.25 bits per heavy atom. The quantitative estimate of drug-likeness (QED) is 0.738. The van der Waals surface area contributed by atoms with Crippen molar-refractivity contribution in [2.45, 2.75) is 6.29 Å². The molecule has 1 heterocycles. The largest absolute Gasteiger partial charge is 0.478 e. The third kappa shape index (κ3) is 4.88. The minimum absolute atomic E-state index is 0.319. The molecule has 0 aliphatic carbocycles. The number of rotatable bonds is 1. The third-order valence-corrected chi connectivity index (χ3v) is 1.82. The molecule has 2 N–H and O–H groups in total. The Labute approximate surface area is 93.2 Å². The zero-order chi connectivity index (χ0) is 11.8. The molecule has 1 aliphatic rings. The highest BCUT2D eigenvalue weighted by atomic mass is 16.7. The van der Waals surface area contributed by atoms with E-state index < -0.39 is 12.3 Å². The Balaban J connectivity index is 0.000000165. The Morgan fingerprint density at radius 2 is 1.94 bits per heavy atom. The minimum Gasteiger partial charge on any atom is -0.478 e. The summed E-state index contributed by atoms with van der Waals surface area (Å²) in [7, 11) is 0. The first-order chi connectivity index (χ1) is 7.70. The second kappa shape index (κ2) is 6.95. The summed E-state index contributed by atoms with van der Waals surface area (Å²) < 4.78 is 9.52. The first kappa shape index (κ1) is 12.6. The molecule has 0 bridgehead atoms. The lowest BCUT2D eigenvalue weighted by molar-refractivity contribution is -0.184. The van der Waals surface area contributed by atoms with Crippen LogP contribution in [0.25, 0.3) is 0 Å². The summed E-state index contributed by atoms with van der Waals surface area (Å²) in [6.45, 7) is 1.44. The number of benzene rings is 1. The van der Waals surface area contributed by atoms with Crippen LogP contribution in [0.4, 0.5) is 0 Å². The summed E-state index contributed by atoms with van der Waals surface area (Å²) in [4.78, 5) is 10.2. The van der Waals surface area contributed by atoms with Crippen molar-refractivity contribution in [1.82, 2.24) is 0 Å². The topological polar surface area (TPSA) is 76.0 Å². The maximum absolute atomic E-state index is 10.2. The SMILES string of the molecule is O=C(O)c1ccccc1.OC1COCCO1. The van der Waals surface area contributed by atoms with Crippen LogP contribution in [0.3, 0.4) is 0 Å². The van der Waals surface area contributed by atoms with Gasteiger partial charge in [-0.25, -0.2) is 4.79 Å². The Morgan fingerprint density at radius 1 is 1.25 bits per heavy atom. The Bertz CT molecular complexity index is 305. The normalized spacial score (nSPS) is 19.4. The lowest BCUT2D eigenvalue weighted by atomic mass is 10.2. The van der Waals surface area contributed by atoms with Crippen LogP contribution in [0.5, 0.6) is 0 Å². The molecule has 0 radical (unpaired) electrons. The maximum Gasteiger partial charge on any atom is 0.335 e. The van der Waals surface area contributed by atoms with Crippen molar-refractivity contribution in [3.8, 4) is 0 Å². The van der Waals surface area contributed by atoms with Gasteiger partial charge < -0.3 is 19.7 Å². The van der Waals surface area contributed by atoms with Crippen LogP contribution in [-0.2, 0) is 9.47 Å². The molecule has 2 rings (SSSR count). The predicted molar refractivity (Wildman–Crippen MR) is 56.2 cm³/mol. The van der Waals surface area contributed by atoms with Crippen molar-refractivity contribution in [2.75, 3.05) is 19.8 Å². The number of aromatic carboxylic acids is 1. The minimum atomic E-state index is -0.879. The molecule has 1 fully saturated rings. The molecule has 1 aromatic rings. The van der Waals surface area contributed by atoms with Gasteiger partial charge in [-0.05, 0) is 12.1 Å². The zero-order valence-electron chi connectivity index (χ0n) is 8.70. The van der Waals surface area contributed by atoms with E-state index in [0.717, 1.165) is 0 Å². The lowest BCUT2D eigenvalue weighted by Crippen LogP contribution is -2.27. The van der Waals surface area contributed by atoms with E-state index >= 15 is 0 Å². The number of aliphatic hydroxyl groups excluding tert-OH is 1. The van der Waals surface area contributed by atoms with E-state index in [2.05, 4.69) is 0 Å². The summed E-state index contributed by atoms with van der Waals surface area (Å²) in [5.41, 5.74) is 0.331. The van der Waals surface area contributed by atoms with E-state index in [0.29, 0.717) is 25.4 Å². The van der Waals surface area contributed by atoms with Gasteiger partial charge in [-0.15, -0.1) is 0 Å². The zero-order valence-corrected chi connectivity index (χ0v) is 8.70. The molecular formula is C11H14O5. The number of carbonyl (C=O) groups is 1. The molecule has 1 atom stereocenters. The highest BCUT2D eigenvalue weighted by molar-refractivity contribution is 5.87. The maximum atomic E-state index is 10.2. The number of carboxylic acids is 1. The highest BCUT2D eigenvalue weighted by Crippen LogP contribution is 1.96. The van der Waals surface area contributed by atoms with Crippen LogP contribution in [0, 0.1) is 0 Å². The van der Waals surface area contributed by atoms with E-state index in [1.807, 2.05) is 0 Å². The van der Waals surface area contributed by atoms with Gasteiger partial charge in [0.05, 0.1) is 25.4 Å². The molecule has 0 spiro atoms. The molecule has 16 heavy (non-hydrogen) atoms. The number of carboxylic acid groups (broad SMARTS) is 1. The number of hydrogen-bond donors (Lipinski definition) is 2. The number of ether oxygens (including phenoxy) is 2. The summed E-state index contributed by atoms with van der Waals surface area (Å²) >= 11 is 0. The fraction of sp³-hybridized carbons (Fsp3) is 0.364. The smallest absolute Gasteiger partial charge is 0.335 e. The fourth-order valence-corrected chi connectivity index (χ4v) is 1.06. The van der Waals surface area contributed by atoms with Gasteiger partial charge in [0.25, 0.3) is 0 Å². The Hall–Kier alpha value is -1.43. The third-order valence-electron chi connectivity index (χ3n) is 1.82. The van der Waals surface area contributed by atoms with Gasteiger partial charge in [0.2, 0.25) is 0 Å². The number of aliphatic hydroxyl groups is 1. The van der Waals surface area contributed by atoms with Gasteiger partial charge >= 0.3 is 5.97 Å². The standard InChI is InChI=1S/C7H6O2.C4H8O3/c8-7(9)6-4-2-1-3-5-6;5-4-3-6-1-2-7-4/h1-5H,(H,8,9);4-5H,1-3H2. The van der Waals surface area contributed by atoms with Gasteiger partial charge in [0.15, 0.2) is 6.29 Å². The highest BCUT2D eigenvalue weighted by Gasteiger charge is 2.07.